The Kier molecular flexibility index (Phi) is 3.11. The van der Waals surface area contributed by atoms with Gasteiger partial charge in [-0.15, -0.1) is 0 Å². The Morgan fingerprint density at radius 3 is 2.75 bits per heavy atom. The highest BCUT2D eigenvalue weighted by Gasteiger charge is 2.01. The minimum atomic E-state index is 0.916. The highest BCUT2D eigenvalue weighted by Crippen LogP contribution is 2.19. The van der Waals surface area contributed by atoms with Crippen LogP contribution >= 0.6 is 0 Å². The Bertz CT molecular complexity index is 258. The largest absolute Gasteiger partial charge is 0.496 e. The average molecular weight is 166 g/mol. The zero-order chi connectivity index (χ0) is 8.97. The Morgan fingerprint density at radius 2 is 2.17 bits per heavy atom. The highest BCUT2D eigenvalue weighted by atomic mass is 16.5. The number of hydrogen-bond acceptors (Lipinski definition) is 1. The van der Waals surface area contributed by atoms with Crippen molar-refractivity contribution in [1.82, 2.24) is 0 Å². The van der Waals surface area contributed by atoms with Crippen LogP contribution in [0.1, 0.15) is 11.1 Å². The summed E-state index contributed by atoms with van der Waals surface area (Å²) in [6.07, 6.45) is 0.991. The van der Waals surface area contributed by atoms with Crippen molar-refractivity contribution in [2.75, 3.05) is 13.7 Å². The molecule has 12 heavy (non-hydrogen) atoms. The van der Waals surface area contributed by atoms with Gasteiger partial charge in [-0.25, -0.2) is 0 Å². The maximum Gasteiger partial charge on any atom is 0.122 e. The maximum atomic E-state index is 5.23. The topological polar surface area (TPSA) is 36.9 Å². The predicted molar refractivity (Wildman–Crippen MR) is 49.2 cm³/mol. The summed E-state index contributed by atoms with van der Waals surface area (Å²) in [6.45, 7) is 3.01. The summed E-state index contributed by atoms with van der Waals surface area (Å²) < 4.78 is 5.23. The van der Waals surface area contributed by atoms with E-state index in [1.807, 2.05) is 6.07 Å². The SMILES string of the molecule is COc1ccc(C)cc1CC[NH3+]. The number of rotatable bonds is 3. The summed E-state index contributed by atoms with van der Waals surface area (Å²) in [5, 5.41) is 0. The van der Waals surface area contributed by atoms with Crippen LogP contribution < -0.4 is 10.5 Å². The van der Waals surface area contributed by atoms with Gasteiger partial charge in [0.25, 0.3) is 0 Å². The van der Waals surface area contributed by atoms with Crippen LogP contribution in [-0.2, 0) is 6.42 Å². The third-order valence-electron chi connectivity index (χ3n) is 1.88. The average Bonchev–Trinajstić information content (AvgIpc) is 2.05. The summed E-state index contributed by atoms with van der Waals surface area (Å²) in [6, 6.07) is 6.23. The van der Waals surface area contributed by atoms with Crippen molar-refractivity contribution in [3.63, 3.8) is 0 Å². The minimum absolute atomic E-state index is 0.916. The van der Waals surface area contributed by atoms with Gasteiger partial charge in [0.1, 0.15) is 5.75 Å². The fourth-order valence-electron chi connectivity index (χ4n) is 1.29. The van der Waals surface area contributed by atoms with Crippen molar-refractivity contribution in [3.05, 3.63) is 29.3 Å². The van der Waals surface area contributed by atoms with E-state index in [0.29, 0.717) is 0 Å². The van der Waals surface area contributed by atoms with Gasteiger partial charge in [0.15, 0.2) is 0 Å². The lowest BCUT2D eigenvalue weighted by Crippen LogP contribution is -2.51. The molecule has 0 amide bonds. The van der Waals surface area contributed by atoms with Crippen molar-refractivity contribution in [2.24, 2.45) is 0 Å². The molecular weight excluding hydrogens is 150 g/mol. The molecule has 0 saturated heterocycles. The smallest absolute Gasteiger partial charge is 0.122 e. The number of quaternary nitrogens is 1. The highest BCUT2D eigenvalue weighted by molar-refractivity contribution is 5.36. The van der Waals surface area contributed by atoms with Crippen molar-refractivity contribution >= 4 is 0 Å². The quantitative estimate of drug-likeness (QED) is 0.708. The summed E-state index contributed by atoms with van der Waals surface area (Å²) in [5.41, 5.74) is 6.36. The number of aryl methyl sites for hydroxylation is 1. The summed E-state index contributed by atoms with van der Waals surface area (Å²) >= 11 is 0. The van der Waals surface area contributed by atoms with Crippen LogP contribution in [0.2, 0.25) is 0 Å². The molecule has 0 heterocycles. The summed E-state index contributed by atoms with van der Waals surface area (Å²) in [5.74, 6) is 0.976. The van der Waals surface area contributed by atoms with E-state index >= 15 is 0 Å². The second-order valence-electron chi connectivity index (χ2n) is 2.92. The molecule has 0 bridgehead atoms. The van der Waals surface area contributed by atoms with E-state index in [2.05, 4.69) is 24.8 Å². The zero-order valence-corrected chi connectivity index (χ0v) is 7.76. The van der Waals surface area contributed by atoms with Gasteiger partial charge in [0, 0.05) is 6.42 Å². The van der Waals surface area contributed by atoms with Gasteiger partial charge in [-0.05, 0) is 18.6 Å². The molecule has 0 saturated carbocycles. The van der Waals surface area contributed by atoms with Crippen LogP contribution in [0.3, 0.4) is 0 Å². The molecule has 3 N–H and O–H groups in total. The van der Waals surface area contributed by atoms with Crippen molar-refractivity contribution < 1.29 is 10.5 Å². The Labute approximate surface area is 73.3 Å². The molecule has 2 heteroatoms. The first-order valence-corrected chi connectivity index (χ1v) is 4.20. The van der Waals surface area contributed by atoms with E-state index in [1.165, 1.54) is 11.1 Å². The lowest BCUT2D eigenvalue weighted by Gasteiger charge is -2.06. The predicted octanol–water partition coefficient (Wildman–Crippen LogP) is 0.788. The second kappa shape index (κ2) is 4.12. The van der Waals surface area contributed by atoms with Gasteiger partial charge >= 0.3 is 0 Å². The molecule has 2 nitrogen and oxygen atoms in total. The van der Waals surface area contributed by atoms with Gasteiger partial charge in [0.2, 0.25) is 0 Å². The molecule has 1 aromatic rings. The molecule has 0 unspecified atom stereocenters. The van der Waals surface area contributed by atoms with Gasteiger partial charge in [-0.3, -0.25) is 0 Å². The maximum absolute atomic E-state index is 5.23. The van der Waals surface area contributed by atoms with E-state index in [4.69, 9.17) is 4.74 Å². The number of benzene rings is 1. The molecule has 0 aromatic heterocycles. The molecule has 66 valence electrons. The van der Waals surface area contributed by atoms with Crippen LogP contribution in [0, 0.1) is 6.92 Å². The molecule has 0 aliphatic heterocycles. The van der Waals surface area contributed by atoms with E-state index in [-0.39, 0.29) is 0 Å². The van der Waals surface area contributed by atoms with Crippen LogP contribution in [0.15, 0.2) is 18.2 Å². The van der Waals surface area contributed by atoms with E-state index < -0.39 is 0 Å². The molecule has 0 aliphatic carbocycles. The lowest BCUT2D eigenvalue weighted by molar-refractivity contribution is -0.366. The summed E-state index contributed by atoms with van der Waals surface area (Å²) in [7, 11) is 1.71. The Morgan fingerprint density at radius 1 is 1.42 bits per heavy atom. The third-order valence-corrected chi connectivity index (χ3v) is 1.88. The fourth-order valence-corrected chi connectivity index (χ4v) is 1.29. The van der Waals surface area contributed by atoms with Gasteiger partial charge in [-0.1, -0.05) is 17.7 Å². The normalized spacial score (nSPS) is 9.92. The Balaban J connectivity index is 2.95. The van der Waals surface area contributed by atoms with Gasteiger partial charge in [0.05, 0.1) is 13.7 Å². The van der Waals surface area contributed by atoms with Crippen LogP contribution in [0.25, 0.3) is 0 Å². The van der Waals surface area contributed by atoms with Crippen molar-refractivity contribution in [3.8, 4) is 5.75 Å². The first-order chi connectivity index (χ1) is 5.77. The number of ether oxygens (including phenoxy) is 1. The monoisotopic (exact) mass is 166 g/mol. The first-order valence-electron chi connectivity index (χ1n) is 4.20. The van der Waals surface area contributed by atoms with E-state index in [9.17, 15) is 0 Å². The van der Waals surface area contributed by atoms with Crippen molar-refractivity contribution in [1.29, 1.82) is 0 Å². The first kappa shape index (κ1) is 9.07. The van der Waals surface area contributed by atoms with Crippen molar-refractivity contribution in [2.45, 2.75) is 13.3 Å². The number of hydrogen-bond donors (Lipinski definition) is 1. The standard InChI is InChI=1S/C10H15NO/c1-8-3-4-10(12-2)9(7-8)5-6-11/h3-4,7H,5-6,11H2,1-2H3/p+1. The molecule has 0 fully saturated rings. The van der Waals surface area contributed by atoms with E-state index in [1.54, 1.807) is 7.11 Å². The van der Waals surface area contributed by atoms with E-state index in [0.717, 1.165) is 18.7 Å². The lowest BCUT2D eigenvalue weighted by atomic mass is 10.1. The zero-order valence-electron chi connectivity index (χ0n) is 7.76. The van der Waals surface area contributed by atoms with Crippen LogP contribution in [-0.4, -0.2) is 13.7 Å². The molecule has 1 aromatic carbocycles. The molecule has 0 spiro atoms. The summed E-state index contributed by atoms with van der Waals surface area (Å²) in [4.78, 5) is 0. The van der Waals surface area contributed by atoms with Crippen LogP contribution in [0.5, 0.6) is 5.75 Å². The molecule has 0 aliphatic rings. The van der Waals surface area contributed by atoms with Gasteiger partial charge in [-0.2, -0.15) is 0 Å². The molecule has 0 atom stereocenters. The minimum Gasteiger partial charge on any atom is -0.496 e. The molecule has 1 rings (SSSR count). The number of methoxy groups -OCH3 is 1. The molecular formula is C10H16NO+. The Hall–Kier alpha value is -1.02. The van der Waals surface area contributed by atoms with Gasteiger partial charge < -0.3 is 10.5 Å². The van der Waals surface area contributed by atoms with Crippen LogP contribution in [0.4, 0.5) is 0 Å². The third kappa shape index (κ3) is 1.98. The fraction of sp³-hybridized carbons (Fsp3) is 0.400. The molecule has 0 radical (unpaired) electrons. The second-order valence-corrected chi connectivity index (χ2v) is 2.92.